The number of nitrogens with one attached hydrogen (secondary N) is 2. The molecular weight excluding hydrogens is 1030 g/mol. The van der Waals surface area contributed by atoms with Gasteiger partial charge in [0.05, 0.1) is 23.3 Å². The molecule has 2 heterocycles. The van der Waals surface area contributed by atoms with Gasteiger partial charge in [0.1, 0.15) is 6.54 Å². The van der Waals surface area contributed by atoms with Crippen LogP contribution in [0.3, 0.4) is 0 Å². The average Bonchev–Trinajstić information content (AvgIpc) is 3.63. The largest absolute Gasteiger partial charge is 0.356 e. The smallest absolute Gasteiger partial charge is 0.341 e. The molecule has 0 saturated carbocycles. The molecule has 0 unspecified atom stereocenters. The summed E-state index contributed by atoms with van der Waals surface area (Å²) < 4.78 is 90.2. The third kappa shape index (κ3) is 16.6. The van der Waals surface area contributed by atoms with Crippen molar-refractivity contribution >= 4 is 76.1 Å². The molecule has 398 valence electrons. The highest BCUT2D eigenvalue weighted by Crippen LogP contribution is 2.61. The van der Waals surface area contributed by atoms with Crippen LogP contribution in [0.15, 0.2) is 94.6 Å². The first-order valence-corrected chi connectivity index (χ1v) is 31.8. The molecule has 23 heteroatoms. The summed E-state index contributed by atoms with van der Waals surface area (Å²) in [6.45, 7) is 10.3. The molecule has 1 aliphatic carbocycles. The van der Waals surface area contributed by atoms with Gasteiger partial charge in [-0.3, -0.25) is 27.8 Å². The Kier molecular flexibility index (Phi) is 20.7. The van der Waals surface area contributed by atoms with E-state index in [2.05, 4.69) is 96.4 Å². The monoisotopic (exact) mass is 1100 g/mol. The second-order valence-electron chi connectivity index (χ2n) is 19.5. The summed E-state index contributed by atoms with van der Waals surface area (Å²) >= 11 is 1.62. The fourth-order valence-corrected chi connectivity index (χ4v) is 14.2. The number of hydrogen-bond acceptors (Lipinski definition) is 10. The third-order valence-corrected chi connectivity index (χ3v) is 19.8. The molecule has 5 rings (SSSR count). The van der Waals surface area contributed by atoms with Gasteiger partial charge in [0.2, 0.25) is 17.5 Å². The van der Waals surface area contributed by atoms with Gasteiger partial charge < -0.3 is 35.1 Å². The molecule has 0 saturated heterocycles. The average molecular weight is 1100 g/mol. The van der Waals surface area contributed by atoms with Crippen LogP contribution in [0.1, 0.15) is 116 Å². The lowest BCUT2D eigenvalue weighted by atomic mass is 9.81. The standard InChI is InChI=1S/C49H70N4O14P2S3/c1-48(2)38-19-6-8-21-40(38)52(30-12-14-33-71(62,63)64)42(48)25-23-36-17-16-18-37(24-26-43-49(3,4)39-20-7-9-22-41(39)53(43)31-13-15-34-72(65,66)67)47(36)70-32-27-44(54)50-28-10-5-11-29-51-45(55)35-46(68(56,57)58)69(59,60)61/h6-9,19-26,46H,5,10-18,27-35H2,1-4H3,(H7-,50,51,54,55,56,57,58,59,60,61,62,63,64,65,66,67)/p+1. The van der Waals surface area contributed by atoms with E-state index in [0.717, 1.165) is 69.2 Å². The van der Waals surface area contributed by atoms with Crippen molar-refractivity contribution in [2.75, 3.05) is 48.3 Å². The second-order valence-corrected chi connectivity index (χ2v) is 27.7. The highest BCUT2D eigenvalue weighted by Gasteiger charge is 2.46. The molecule has 18 nitrogen and oxygen atoms in total. The van der Waals surface area contributed by atoms with Gasteiger partial charge >= 0.3 is 15.2 Å². The van der Waals surface area contributed by atoms with E-state index in [-0.39, 0.29) is 41.2 Å². The fourth-order valence-electron chi connectivity index (χ4n) is 9.53. The predicted octanol–water partition coefficient (Wildman–Crippen LogP) is 7.60. The van der Waals surface area contributed by atoms with Crippen molar-refractivity contribution in [3.05, 3.63) is 106 Å². The van der Waals surface area contributed by atoms with Gasteiger partial charge in [-0.25, -0.2) is 0 Å². The molecule has 72 heavy (non-hydrogen) atoms. The number of nitrogens with zero attached hydrogens (tertiary/aromatic N) is 2. The van der Waals surface area contributed by atoms with Crippen LogP contribution in [-0.4, -0.2) is 116 Å². The lowest BCUT2D eigenvalue weighted by molar-refractivity contribution is -0.438. The Labute approximate surface area is 428 Å². The number of allylic oxidation sites excluding steroid dienone is 7. The van der Waals surface area contributed by atoms with Gasteiger partial charge in [-0.2, -0.15) is 21.4 Å². The number of thioether (sulfide) groups is 1. The number of anilines is 1. The van der Waals surface area contributed by atoms with Crippen LogP contribution in [0.25, 0.3) is 0 Å². The van der Waals surface area contributed by atoms with Crippen LogP contribution >= 0.6 is 27.0 Å². The Balaban J connectivity index is 1.35. The van der Waals surface area contributed by atoms with E-state index in [9.17, 15) is 64.2 Å². The Morgan fingerprint density at radius 2 is 1.35 bits per heavy atom. The molecule has 0 fully saturated rings. The molecule has 3 aliphatic rings. The first-order valence-electron chi connectivity index (χ1n) is 24.2. The Hall–Kier alpha value is -3.72. The van der Waals surface area contributed by atoms with E-state index >= 15 is 0 Å². The third-order valence-electron chi connectivity index (χ3n) is 13.2. The Morgan fingerprint density at radius 3 is 1.99 bits per heavy atom. The highest BCUT2D eigenvalue weighted by molar-refractivity contribution is 8.03. The molecule has 2 amide bonds. The van der Waals surface area contributed by atoms with Crippen molar-refractivity contribution in [3.63, 3.8) is 0 Å². The Morgan fingerprint density at radius 1 is 0.750 bits per heavy atom. The van der Waals surface area contributed by atoms with Gasteiger partial charge in [0.15, 0.2) is 11.1 Å². The molecule has 2 aromatic rings. The summed E-state index contributed by atoms with van der Waals surface area (Å²) in [6.07, 6.45) is 13.7. The van der Waals surface area contributed by atoms with E-state index in [1.54, 1.807) is 11.8 Å². The maximum absolute atomic E-state index is 13.2. The number of unbranched alkanes of at least 4 members (excludes halogenated alkanes) is 4. The summed E-state index contributed by atoms with van der Waals surface area (Å²) in [6, 6.07) is 16.3. The molecule has 0 bridgehead atoms. The summed E-state index contributed by atoms with van der Waals surface area (Å²) in [5.41, 5.74) is 7.96. The van der Waals surface area contributed by atoms with E-state index in [1.165, 1.54) is 0 Å². The Bertz CT molecular complexity index is 2770. The zero-order valence-corrected chi connectivity index (χ0v) is 45.6. The fraction of sp³-hybridized carbons (Fsp3) is 0.531. The SMILES string of the molecule is CC1(C)C(=CC=C2CCCC(C=CC3=[N+](CCCCS(=O)(=O)O)c4ccccc4C3(C)C)=C2SCCC(=O)NCCCCCNC(=O)CC(P(=O)(O)O)P(=O)(O)O)N(CCCCS(=O)(=O)O)c2ccccc21. The molecule has 2 aliphatic heterocycles. The number of amides is 2. The molecule has 0 radical (unpaired) electrons. The summed E-state index contributed by atoms with van der Waals surface area (Å²) in [5.74, 6) is -1.18. The second kappa shape index (κ2) is 25.2. The van der Waals surface area contributed by atoms with Crippen molar-refractivity contribution in [1.82, 2.24) is 10.6 Å². The van der Waals surface area contributed by atoms with Gasteiger partial charge in [-0.05, 0) is 100 Å². The summed E-state index contributed by atoms with van der Waals surface area (Å²) in [5, 5.41) is 2.98. The lowest BCUT2D eigenvalue weighted by Gasteiger charge is -2.27. The lowest BCUT2D eigenvalue weighted by Crippen LogP contribution is -2.28. The van der Waals surface area contributed by atoms with E-state index in [1.807, 2.05) is 24.3 Å². The minimum Gasteiger partial charge on any atom is -0.356 e. The van der Waals surface area contributed by atoms with E-state index < -0.39 is 53.2 Å². The van der Waals surface area contributed by atoms with Crippen LogP contribution < -0.4 is 15.5 Å². The first kappa shape index (κ1) is 59.2. The molecule has 8 N–H and O–H groups in total. The minimum absolute atomic E-state index is 0.120. The quantitative estimate of drug-likeness (QED) is 0.0185. The van der Waals surface area contributed by atoms with Gasteiger partial charge in [-0.1, -0.05) is 62.4 Å². The maximum atomic E-state index is 13.2. The van der Waals surface area contributed by atoms with Crippen molar-refractivity contribution in [2.24, 2.45) is 0 Å². The maximum Gasteiger partial charge on any atom is 0.341 e. The molecule has 0 aromatic heterocycles. The van der Waals surface area contributed by atoms with Gasteiger partial charge in [0, 0.05) is 77.6 Å². The van der Waals surface area contributed by atoms with Crippen LogP contribution in [0.4, 0.5) is 11.4 Å². The predicted molar refractivity (Wildman–Crippen MR) is 283 cm³/mol. The molecular formula is C49H71N4O14P2S3+. The normalized spacial score (nSPS) is 18.2. The molecule has 0 atom stereocenters. The number of benzene rings is 2. The van der Waals surface area contributed by atoms with Crippen molar-refractivity contribution in [1.29, 1.82) is 0 Å². The van der Waals surface area contributed by atoms with Gasteiger partial charge in [-0.15, -0.1) is 11.8 Å². The van der Waals surface area contributed by atoms with E-state index in [0.29, 0.717) is 70.3 Å². The van der Waals surface area contributed by atoms with Crippen LogP contribution in [-0.2, 0) is 49.8 Å². The topological polar surface area (TPSA) is 288 Å². The number of carbonyl (C=O) groups excluding carboxylic acids is 2. The number of rotatable bonds is 27. The minimum atomic E-state index is -5.22. The number of hydrogen-bond donors (Lipinski definition) is 8. The molecule has 0 spiro atoms. The number of para-hydroxylation sites is 2. The number of carbonyl (C=O) groups is 2. The summed E-state index contributed by atoms with van der Waals surface area (Å²) in [4.78, 5) is 65.8. The van der Waals surface area contributed by atoms with Crippen molar-refractivity contribution in [2.45, 2.75) is 121 Å². The molecule has 2 aromatic carbocycles. The van der Waals surface area contributed by atoms with Crippen molar-refractivity contribution < 1.29 is 68.8 Å². The van der Waals surface area contributed by atoms with Crippen LogP contribution in [0.5, 0.6) is 0 Å². The van der Waals surface area contributed by atoms with E-state index in [4.69, 9.17) is 0 Å². The number of fused-ring (bicyclic) bond motifs is 2. The van der Waals surface area contributed by atoms with Crippen LogP contribution in [0, 0.1) is 0 Å². The summed E-state index contributed by atoms with van der Waals surface area (Å²) in [7, 11) is -18.6. The van der Waals surface area contributed by atoms with Crippen molar-refractivity contribution in [3.8, 4) is 0 Å². The first-order chi connectivity index (χ1) is 33.6. The highest BCUT2D eigenvalue weighted by atomic mass is 32.2. The zero-order chi connectivity index (χ0) is 53.1. The van der Waals surface area contributed by atoms with Crippen LogP contribution in [0.2, 0.25) is 0 Å². The zero-order valence-electron chi connectivity index (χ0n) is 41.4. The van der Waals surface area contributed by atoms with Gasteiger partial charge in [0.25, 0.3) is 20.2 Å².